The van der Waals surface area contributed by atoms with Crippen LogP contribution in [0.3, 0.4) is 0 Å². The van der Waals surface area contributed by atoms with Crippen molar-refractivity contribution in [3.63, 3.8) is 0 Å². The van der Waals surface area contributed by atoms with Crippen LogP contribution in [0.15, 0.2) is 23.8 Å². The van der Waals surface area contributed by atoms with Crippen molar-refractivity contribution in [3.8, 4) is 0 Å². The summed E-state index contributed by atoms with van der Waals surface area (Å²) in [6.45, 7) is 8.84. The number of hydrogen-bond acceptors (Lipinski definition) is 1. The van der Waals surface area contributed by atoms with E-state index in [9.17, 15) is 5.11 Å². The quantitative estimate of drug-likeness (QED) is 0.701. The van der Waals surface area contributed by atoms with Crippen LogP contribution in [0.25, 0.3) is 0 Å². The van der Waals surface area contributed by atoms with Gasteiger partial charge in [-0.1, -0.05) is 44.6 Å². The molecule has 1 aliphatic rings. The molecule has 1 aliphatic carbocycles. The molecule has 0 aromatic carbocycles. The maximum atomic E-state index is 9.54. The number of aliphatic hydroxyl groups is 1. The molecule has 1 N–H and O–H groups in total. The fourth-order valence-corrected chi connectivity index (χ4v) is 2.36. The summed E-state index contributed by atoms with van der Waals surface area (Å²) in [4.78, 5) is 0. The molecule has 0 unspecified atom stereocenters. The molecule has 0 bridgehead atoms. The van der Waals surface area contributed by atoms with Crippen molar-refractivity contribution in [2.75, 3.05) is 0 Å². The molecule has 2 atom stereocenters. The van der Waals surface area contributed by atoms with Crippen LogP contribution in [0.2, 0.25) is 0 Å². The molecule has 0 saturated carbocycles. The molecular formula is C14H24O. The molecule has 1 rings (SSSR count). The Morgan fingerprint density at radius 2 is 2.27 bits per heavy atom. The Morgan fingerprint density at radius 3 is 2.80 bits per heavy atom. The lowest BCUT2D eigenvalue weighted by atomic mass is 9.68. The zero-order chi connectivity index (χ0) is 11.5. The summed E-state index contributed by atoms with van der Waals surface area (Å²) in [6, 6.07) is 0. The number of allylic oxidation sites excluding steroid dienone is 3. The Hall–Kier alpha value is -0.560. The Labute approximate surface area is 93.9 Å². The molecular weight excluding hydrogens is 184 g/mol. The van der Waals surface area contributed by atoms with Crippen molar-refractivity contribution in [3.05, 3.63) is 23.8 Å². The minimum atomic E-state index is -0.282. The van der Waals surface area contributed by atoms with Crippen molar-refractivity contribution >= 4 is 0 Å². The minimum absolute atomic E-state index is 0.282. The summed E-state index contributed by atoms with van der Waals surface area (Å²) in [7, 11) is 0. The summed E-state index contributed by atoms with van der Waals surface area (Å²) >= 11 is 0. The predicted molar refractivity (Wildman–Crippen MR) is 65.7 cm³/mol. The highest BCUT2D eigenvalue weighted by molar-refractivity contribution is 5.19. The van der Waals surface area contributed by atoms with Gasteiger partial charge in [0, 0.05) is 5.92 Å². The second-order valence-corrected chi connectivity index (χ2v) is 5.31. The van der Waals surface area contributed by atoms with Gasteiger partial charge < -0.3 is 5.11 Å². The van der Waals surface area contributed by atoms with E-state index in [4.69, 9.17) is 0 Å². The number of hydrogen-bond donors (Lipinski definition) is 1. The average Bonchev–Trinajstić information content (AvgIpc) is 2.15. The predicted octanol–water partition coefficient (Wildman–Crippen LogP) is 3.70. The summed E-state index contributed by atoms with van der Waals surface area (Å²) in [5.41, 5.74) is 1.79. The molecule has 1 nitrogen and oxygen atoms in total. The largest absolute Gasteiger partial charge is 0.389 e. The van der Waals surface area contributed by atoms with Crippen molar-refractivity contribution in [2.24, 2.45) is 11.3 Å². The van der Waals surface area contributed by atoms with Crippen LogP contribution in [0.4, 0.5) is 0 Å². The highest BCUT2D eigenvalue weighted by Crippen LogP contribution is 2.41. The lowest BCUT2D eigenvalue weighted by molar-refractivity contribution is 0.214. The third-order valence-corrected chi connectivity index (χ3v) is 3.53. The first-order valence-corrected chi connectivity index (χ1v) is 6.00. The van der Waals surface area contributed by atoms with E-state index in [1.807, 2.05) is 13.0 Å². The first-order valence-electron chi connectivity index (χ1n) is 6.00. The smallest absolute Gasteiger partial charge is 0.0718 e. The maximum absolute atomic E-state index is 9.54. The van der Waals surface area contributed by atoms with E-state index in [-0.39, 0.29) is 6.10 Å². The second kappa shape index (κ2) is 4.98. The van der Waals surface area contributed by atoms with Gasteiger partial charge in [0.1, 0.15) is 0 Å². The maximum Gasteiger partial charge on any atom is 0.0718 e. The summed E-state index contributed by atoms with van der Waals surface area (Å²) in [6.07, 6.45) is 9.43. The van der Waals surface area contributed by atoms with Crippen LogP contribution in [0, 0.1) is 11.3 Å². The highest BCUT2D eigenvalue weighted by atomic mass is 16.3. The minimum Gasteiger partial charge on any atom is -0.389 e. The van der Waals surface area contributed by atoms with Gasteiger partial charge in [-0.2, -0.15) is 0 Å². The lowest BCUT2D eigenvalue weighted by Gasteiger charge is -2.36. The Balaban J connectivity index is 2.76. The van der Waals surface area contributed by atoms with Gasteiger partial charge in [0.05, 0.1) is 6.10 Å². The summed E-state index contributed by atoms with van der Waals surface area (Å²) in [5, 5.41) is 9.54. The van der Waals surface area contributed by atoms with Crippen LogP contribution in [0.5, 0.6) is 0 Å². The van der Waals surface area contributed by atoms with Gasteiger partial charge in [-0.25, -0.2) is 0 Å². The van der Waals surface area contributed by atoms with E-state index in [1.54, 1.807) is 0 Å². The van der Waals surface area contributed by atoms with Gasteiger partial charge in [-0.05, 0) is 31.6 Å². The van der Waals surface area contributed by atoms with Gasteiger partial charge in [0.2, 0.25) is 0 Å². The Bertz CT molecular complexity index is 261. The summed E-state index contributed by atoms with van der Waals surface area (Å²) < 4.78 is 0. The third kappa shape index (κ3) is 3.20. The molecule has 0 aliphatic heterocycles. The molecule has 0 saturated heterocycles. The van der Waals surface area contributed by atoms with E-state index >= 15 is 0 Å². The van der Waals surface area contributed by atoms with Crippen molar-refractivity contribution in [2.45, 2.75) is 53.1 Å². The fourth-order valence-electron chi connectivity index (χ4n) is 2.36. The van der Waals surface area contributed by atoms with Crippen LogP contribution in [-0.2, 0) is 0 Å². The zero-order valence-corrected chi connectivity index (χ0v) is 10.5. The molecule has 1 heteroatoms. The van der Waals surface area contributed by atoms with Gasteiger partial charge in [-0.15, -0.1) is 0 Å². The van der Waals surface area contributed by atoms with Crippen LogP contribution in [-0.4, -0.2) is 11.2 Å². The molecule has 0 aromatic heterocycles. The summed E-state index contributed by atoms with van der Waals surface area (Å²) in [5.74, 6) is 0.493. The van der Waals surface area contributed by atoms with Gasteiger partial charge >= 0.3 is 0 Å². The molecule has 0 amide bonds. The van der Waals surface area contributed by atoms with E-state index in [2.05, 4.69) is 32.9 Å². The molecule has 0 heterocycles. The molecule has 0 fully saturated rings. The van der Waals surface area contributed by atoms with Gasteiger partial charge in [-0.3, -0.25) is 0 Å². The third-order valence-electron chi connectivity index (χ3n) is 3.53. The standard InChI is InChI=1S/C14H24O/c1-5-12(15)8-9-13-11(2)7-6-10-14(13,3)4/h7-9,12-13,15H,5-6,10H2,1-4H3/b9-8-/t12-,13-/m0/s1. The Kier molecular flexibility index (Phi) is 4.15. The molecule has 15 heavy (non-hydrogen) atoms. The highest BCUT2D eigenvalue weighted by Gasteiger charge is 2.30. The van der Waals surface area contributed by atoms with Crippen molar-refractivity contribution < 1.29 is 5.11 Å². The van der Waals surface area contributed by atoms with Crippen LogP contribution >= 0.6 is 0 Å². The number of aliphatic hydroxyl groups excluding tert-OH is 1. The molecule has 86 valence electrons. The second-order valence-electron chi connectivity index (χ2n) is 5.31. The van der Waals surface area contributed by atoms with Gasteiger partial charge in [0.15, 0.2) is 0 Å². The van der Waals surface area contributed by atoms with Crippen LogP contribution < -0.4 is 0 Å². The van der Waals surface area contributed by atoms with Gasteiger partial charge in [0.25, 0.3) is 0 Å². The van der Waals surface area contributed by atoms with E-state index < -0.39 is 0 Å². The van der Waals surface area contributed by atoms with Crippen molar-refractivity contribution in [1.29, 1.82) is 0 Å². The van der Waals surface area contributed by atoms with E-state index in [0.29, 0.717) is 11.3 Å². The Morgan fingerprint density at radius 1 is 1.60 bits per heavy atom. The SMILES string of the molecule is CC[C@H](O)/C=C\[C@H]1C(C)=CCCC1(C)C. The number of rotatable bonds is 3. The normalized spacial score (nSPS) is 27.8. The average molecular weight is 208 g/mol. The first-order chi connectivity index (χ1) is 6.97. The van der Waals surface area contributed by atoms with Crippen LogP contribution in [0.1, 0.15) is 47.0 Å². The molecule has 0 aromatic rings. The zero-order valence-electron chi connectivity index (χ0n) is 10.5. The lowest BCUT2D eigenvalue weighted by Crippen LogP contribution is -2.26. The van der Waals surface area contributed by atoms with E-state index in [0.717, 1.165) is 6.42 Å². The van der Waals surface area contributed by atoms with Crippen molar-refractivity contribution in [1.82, 2.24) is 0 Å². The molecule has 0 radical (unpaired) electrons. The first kappa shape index (κ1) is 12.5. The topological polar surface area (TPSA) is 20.2 Å². The van der Waals surface area contributed by atoms with E-state index in [1.165, 1.54) is 18.4 Å². The fraction of sp³-hybridized carbons (Fsp3) is 0.714. The molecule has 0 spiro atoms. The monoisotopic (exact) mass is 208 g/mol.